The summed E-state index contributed by atoms with van der Waals surface area (Å²) in [6, 6.07) is 22.8. The Bertz CT molecular complexity index is 1530. The fraction of sp³-hybridized carbons (Fsp3) is 0.250. The third-order valence-electron chi connectivity index (χ3n) is 6.21. The largest absolute Gasteiger partial charge is 0.356 e. The van der Waals surface area contributed by atoms with Gasteiger partial charge in [-0.15, -0.1) is 0 Å². The Morgan fingerprint density at radius 2 is 1.59 bits per heavy atom. The average Bonchev–Trinajstić information content (AvgIpc) is 2.91. The number of nitro benzene ring substituents is 1. The standard InChI is InChI=1S/C28H28N4O5/c33-26(29-17-16-21-9-2-1-3-10-21)15-6-7-18-30-27(34)24-13-4-5-14-25(24)31(28(30)35)20-22-11-8-12-23(19-22)32(36)37/h1-5,8-14,19H,6-7,15-18,20H2,(H,29,33). The summed E-state index contributed by atoms with van der Waals surface area (Å²) < 4.78 is 2.65. The minimum atomic E-state index is -0.484. The van der Waals surface area contributed by atoms with Crippen LogP contribution in [0.2, 0.25) is 0 Å². The zero-order valence-corrected chi connectivity index (χ0v) is 20.3. The number of para-hydroxylation sites is 1. The summed E-state index contributed by atoms with van der Waals surface area (Å²) in [4.78, 5) is 49.3. The summed E-state index contributed by atoms with van der Waals surface area (Å²) in [5.41, 5.74) is 1.27. The van der Waals surface area contributed by atoms with Gasteiger partial charge in [0.1, 0.15) is 0 Å². The number of carbonyl (C=O) groups excluding carboxylic acids is 1. The maximum atomic E-state index is 13.3. The van der Waals surface area contributed by atoms with Crippen molar-refractivity contribution in [3.05, 3.63) is 121 Å². The molecule has 190 valence electrons. The molecule has 1 aromatic heterocycles. The monoisotopic (exact) mass is 500 g/mol. The van der Waals surface area contributed by atoms with E-state index < -0.39 is 10.6 Å². The van der Waals surface area contributed by atoms with Gasteiger partial charge in [0.05, 0.1) is 22.4 Å². The van der Waals surface area contributed by atoms with Crippen molar-refractivity contribution in [3.63, 3.8) is 0 Å². The van der Waals surface area contributed by atoms with Crippen LogP contribution in [-0.2, 0) is 24.3 Å². The summed E-state index contributed by atoms with van der Waals surface area (Å²) in [7, 11) is 0. The third kappa shape index (κ3) is 6.38. The van der Waals surface area contributed by atoms with E-state index in [-0.39, 0.29) is 30.2 Å². The second-order valence-corrected chi connectivity index (χ2v) is 8.81. The molecule has 0 aliphatic carbocycles. The third-order valence-corrected chi connectivity index (χ3v) is 6.21. The molecule has 0 unspecified atom stereocenters. The van der Waals surface area contributed by atoms with E-state index in [2.05, 4.69) is 5.32 Å². The first-order valence-electron chi connectivity index (χ1n) is 12.2. The van der Waals surface area contributed by atoms with Crippen molar-refractivity contribution in [2.75, 3.05) is 6.54 Å². The van der Waals surface area contributed by atoms with Crippen LogP contribution in [0, 0.1) is 10.1 Å². The van der Waals surface area contributed by atoms with Crippen LogP contribution in [0.1, 0.15) is 30.4 Å². The molecule has 0 atom stereocenters. The van der Waals surface area contributed by atoms with E-state index in [1.165, 1.54) is 21.3 Å². The van der Waals surface area contributed by atoms with Crippen molar-refractivity contribution in [1.29, 1.82) is 0 Å². The normalized spacial score (nSPS) is 10.9. The molecule has 1 heterocycles. The molecule has 4 rings (SSSR count). The number of hydrogen-bond donors (Lipinski definition) is 1. The lowest BCUT2D eigenvalue weighted by atomic mass is 10.1. The Balaban J connectivity index is 1.44. The molecule has 1 amide bonds. The van der Waals surface area contributed by atoms with Crippen LogP contribution < -0.4 is 16.6 Å². The molecule has 0 spiro atoms. The fourth-order valence-corrected chi connectivity index (χ4v) is 4.31. The number of non-ortho nitro benzene ring substituents is 1. The SMILES string of the molecule is O=C(CCCCn1c(=O)c2ccccc2n(Cc2cccc([N+](=O)[O-])c2)c1=O)NCCc1ccccc1. The van der Waals surface area contributed by atoms with Gasteiger partial charge in [-0.3, -0.25) is 28.8 Å². The number of rotatable bonds is 11. The molecule has 0 saturated carbocycles. The topological polar surface area (TPSA) is 116 Å². The summed E-state index contributed by atoms with van der Waals surface area (Å²) in [6.45, 7) is 0.815. The van der Waals surface area contributed by atoms with Crippen molar-refractivity contribution in [1.82, 2.24) is 14.5 Å². The number of nitrogens with zero attached hydrogens (tertiary/aromatic N) is 3. The number of nitrogens with one attached hydrogen (secondary N) is 1. The van der Waals surface area contributed by atoms with Crippen LogP contribution in [0.4, 0.5) is 5.69 Å². The van der Waals surface area contributed by atoms with Gasteiger partial charge in [0.25, 0.3) is 11.2 Å². The van der Waals surface area contributed by atoms with Crippen LogP contribution in [0.25, 0.3) is 10.9 Å². The Hall–Kier alpha value is -4.53. The summed E-state index contributed by atoms with van der Waals surface area (Å²) >= 11 is 0. The lowest BCUT2D eigenvalue weighted by Gasteiger charge is -2.14. The molecule has 37 heavy (non-hydrogen) atoms. The number of amides is 1. The molecule has 0 aliphatic heterocycles. The molecule has 0 radical (unpaired) electrons. The van der Waals surface area contributed by atoms with Crippen LogP contribution in [0.15, 0.2) is 88.5 Å². The lowest BCUT2D eigenvalue weighted by molar-refractivity contribution is -0.384. The maximum absolute atomic E-state index is 13.3. The minimum absolute atomic E-state index is 0.0646. The predicted octanol–water partition coefficient (Wildman–Crippen LogP) is 3.65. The summed E-state index contributed by atoms with van der Waals surface area (Å²) in [5, 5.41) is 14.5. The fourth-order valence-electron chi connectivity index (χ4n) is 4.31. The molecule has 1 N–H and O–H groups in total. The smallest absolute Gasteiger partial charge is 0.331 e. The predicted molar refractivity (Wildman–Crippen MR) is 142 cm³/mol. The van der Waals surface area contributed by atoms with Crippen molar-refractivity contribution in [3.8, 4) is 0 Å². The van der Waals surface area contributed by atoms with E-state index >= 15 is 0 Å². The van der Waals surface area contributed by atoms with Gasteiger partial charge in [0.2, 0.25) is 5.91 Å². The number of hydrogen-bond acceptors (Lipinski definition) is 5. The molecule has 0 aliphatic rings. The molecule has 9 heteroatoms. The highest BCUT2D eigenvalue weighted by atomic mass is 16.6. The number of unbranched alkanes of at least 4 members (excludes halogenated alkanes) is 1. The van der Waals surface area contributed by atoms with E-state index in [0.29, 0.717) is 42.3 Å². The molecule has 0 saturated heterocycles. The van der Waals surface area contributed by atoms with Gasteiger partial charge in [-0.1, -0.05) is 54.6 Å². The van der Waals surface area contributed by atoms with E-state index in [1.54, 1.807) is 36.4 Å². The van der Waals surface area contributed by atoms with Crippen molar-refractivity contribution in [2.45, 2.75) is 38.8 Å². The number of benzene rings is 3. The Morgan fingerprint density at radius 3 is 2.38 bits per heavy atom. The first kappa shape index (κ1) is 25.6. The van der Waals surface area contributed by atoms with Crippen molar-refractivity contribution in [2.24, 2.45) is 0 Å². The van der Waals surface area contributed by atoms with Crippen molar-refractivity contribution < 1.29 is 9.72 Å². The average molecular weight is 501 g/mol. The van der Waals surface area contributed by atoms with Crippen LogP contribution >= 0.6 is 0 Å². The number of carbonyl (C=O) groups is 1. The Morgan fingerprint density at radius 1 is 0.865 bits per heavy atom. The molecular formula is C28H28N4O5. The first-order valence-corrected chi connectivity index (χ1v) is 12.2. The molecular weight excluding hydrogens is 472 g/mol. The highest BCUT2D eigenvalue weighted by Gasteiger charge is 2.14. The molecule has 0 fully saturated rings. The van der Waals surface area contributed by atoms with Gasteiger partial charge < -0.3 is 5.32 Å². The zero-order chi connectivity index (χ0) is 26.2. The van der Waals surface area contributed by atoms with Gasteiger partial charge in [0, 0.05) is 31.6 Å². The molecule has 0 bridgehead atoms. The summed E-state index contributed by atoms with van der Waals surface area (Å²) in [6.07, 6.45) is 2.07. The Kier molecular flexibility index (Phi) is 8.25. The van der Waals surface area contributed by atoms with Crippen LogP contribution in [0.3, 0.4) is 0 Å². The lowest BCUT2D eigenvalue weighted by Crippen LogP contribution is -2.40. The maximum Gasteiger partial charge on any atom is 0.331 e. The molecule has 3 aromatic carbocycles. The minimum Gasteiger partial charge on any atom is -0.356 e. The van der Waals surface area contributed by atoms with Gasteiger partial charge >= 0.3 is 5.69 Å². The van der Waals surface area contributed by atoms with Gasteiger partial charge in [0.15, 0.2) is 0 Å². The van der Waals surface area contributed by atoms with E-state index in [1.807, 2.05) is 30.3 Å². The first-order chi connectivity index (χ1) is 17.9. The molecule has 9 nitrogen and oxygen atoms in total. The number of fused-ring (bicyclic) bond motifs is 1. The molecule has 4 aromatic rings. The van der Waals surface area contributed by atoms with Crippen LogP contribution in [-0.4, -0.2) is 26.5 Å². The second-order valence-electron chi connectivity index (χ2n) is 8.81. The zero-order valence-electron chi connectivity index (χ0n) is 20.3. The van der Waals surface area contributed by atoms with Gasteiger partial charge in [-0.2, -0.15) is 0 Å². The second kappa shape index (κ2) is 11.9. The van der Waals surface area contributed by atoms with Gasteiger partial charge in [-0.25, -0.2) is 4.79 Å². The van der Waals surface area contributed by atoms with E-state index in [9.17, 15) is 24.5 Å². The van der Waals surface area contributed by atoms with E-state index in [0.717, 1.165) is 12.0 Å². The van der Waals surface area contributed by atoms with Crippen molar-refractivity contribution >= 4 is 22.5 Å². The van der Waals surface area contributed by atoms with E-state index in [4.69, 9.17) is 0 Å². The summed E-state index contributed by atoms with van der Waals surface area (Å²) in [5.74, 6) is -0.0649. The highest BCUT2D eigenvalue weighted by molar-refractivity contribution is 5.78. The quantitative estimate of drug-likeness (QED) is 0.192. The highest BCUT2D eigenvalue weighted by Crippen LogP contribution is 2.16. The number of aromatic nitrogens is 2. The Labute approximate surface area is 213 Å². The van der Waals surface area contributed by atoms with Gasteiger partial charge in [-0.05, 0) is 42.5 Å². The van der Waals surface area contributed by atoms with Crippen LogP contribution in [0.5, 0.6) is 0 Å². The number of nitro groups is 1.